The molecule has 0 saturated carbocycles. The monoisotopic (exact) mass is 233 g/mol. The number of ether oxygens (including phenoxy) is 2. The first-order valence-electron chi connectivity index (χ1n) is 6.49. The van der Waals surface area contributed by atoms with Crippen LogP contribution in [-0.2, 0) is 11.2 Å². The Hall–Kier alpha value is -1.22. The summed E-state index contributed by atoms with van der Waals surface area (Å²) < 4.78 is 11.3. The molecule has 1 fully saturated rings. The molecule has 0 aromatic heterocycles. The maximum atomic E-state index is 5.85. The summed E-state index contributed by atoms with van der Waals surface area (Å²) in [6, 6.07) is 6.36. The third-order valence-corrected chi connectivity index (χ3v) is 3.53. The minimum atomic E-state index is 0.560. The minimum absolute atomic E-state index is 0.560. The van der Waals surface area contributed by atoms with E-state index in [0.29, 0.717) is 5.92 Å². The van der Waals surface area contributed by atoms with Gasteiger partial charge in [0.05, 0.1) is 13.2 Å². The highest BCUT2D eigenvalue weighted by atomic mass is 16.5. The van der Waals surface area contributed by atoms with Gasteiger partial charge in [-0.1, -0.05) is 6.07 Å². The van der Waals surface area contributed by atoms with Crippen molar-refractivity contribution in [2.75, 3.05) is 31.7 Å². The molecule has 1 aromatic rings. The lowest BCUT2D eigenvalue weighted by Crippen LogP contribution is -2.23. The SMILES string of the molecule is c1cc2c(cc1OCC1CCCOC1)NCC2. The van der Waals surface area contributed by atoms with Gasteiger partial charge in [0.2, 0.25) is 0 Å². The highest BCUT2D eigenvalue weighted by Gasteiger charge is 2.15. The van der Waals surface area contributed by atoms with Crippen LogP contribution >= 0.6 is 0 Å². The molecule has 0 bridgehead atoms. The molecule has 1 N–H and O–H groups in total. The van der Waals surface area contributed by atoms with Gasteiger partial charge in [-0.15, -0.1) is 0 Å². The summed E-state index contributed by atoms with van der Waals surface area (Å²) >= 11 is 0. The van der Waals surface area contributed by atoms with Gasteiger partial charge in [0.15, 0.2) is 0 Å². The van der Waals surface area contributed by atoms with Crippen LogP contribution in [0.2, 0.25) is 0 Å². The predicted molar refractivity (Wildman–Crippen MR) is 67.7 cm³/mol. The Labute approximate surface area is 102 Å². The fourth-order valence-electron chi connectivity index (χ4n) is 2.51. The first-order valence-corrected chi connectivity index (χ1v) is 6.49. The van der Waals surface area contributed by atoms with Gasteiger partial charge in [-0.3, -0.25) is 0 Å². The molecule has 1 aromatic carbocycles. The van der Waals surface area contributed by atoms with Gasteiger partial charge in [-0.05, 0) is 30.9 Å². The maximum absolute atomic E-state index is 5.85. The van der Waals surface area contributed by atoms with Crippen molar-refractivity contribution < 1.29 is 9.47 Å². The lowest BCUT2D eigenvalue weighted by atomic mass is 10.0. The van der Waals surface area contributed by atoms with Crippen LogP contribution in [0, 0.1) is 5.92 Å². The second kappa shape index (κ2) is 4.96. The third kappa shape index (κ3) is 2.55. The van der Waals surface area contributed by atoms with Crippen molar-refractivity contribution in [2.24, 2.45) is 5.92 Å². The van der Waals surface area contributed by atoms with Crippen LogP contribution in [0.3, 0.4) is 0 Å². The van der Waals surface area contributed by atoms with Crippen molar-refractivity contribution in [3.63, 3.8) is 0 Å². The first-order chi connectivity index (χ1) is 8.42. The normalized spacial score (nSPS) is 22.9. The van der Waals surface area contributed by atoms with Crippen molar-refractivity contribution in [2.45, 2.75) is 19.3 Å². The molecular formula is C14H19NO2. The van der Waals surface area contributed by atoms with E-state index in [1.54, 1.807) is 0 Å². The van der Waals surface area contributed by atoms with Crippen LogP contribution in [0.25, 0.3) is 0 Å². The Kier molecular flexibility index (Phi) is 3.18. The van der Waals surface area contributed by atoms with Crippen LogP contribution in [0.4, 0.5) is 5.69 Å². The van der Waals surface area contributed by atoms with Crippen molar-refractivity contribution in [3.05, 3.63) is 23.8 Å². The smallest absolute Gasteiger partial charge is 0.121 e. The lowest BCUT2D eigenvalue weighted by molar-refractivity contribution is 0.0352. The second-order valence-electron chi connectivity index (χ2n) is 4.89. The summed E-state index contributed by atoms with van der Waals surface area (Å²) in [5.41, 5.74) is 2.64. The number of hydrogen-bond acceptors (Lipinski definition) is 3. The van der Waals surface area contributed by atoms with Gasteiger partial charge in [0.1, 0.15) is 5.75 Å². The second-order valence-corrected chi connectivity index (χ2v) is 4.89. The van der Waals surface area contributed by atoms with E-state index in [0.717, 1.165) is 38.5 Å². The van der Waals surface area contributed by atoms with E-state index >= 15 is 0 Å². The van der Waals surface area contributed by atoms with Crippen LogP contribution < -0.4 is 10.1 Å². The largest absolute Gasteiger partial charge is 0.493 e. The molecule has 0 spiro atoms. The van der Waals surface area contributed by atoms with Crippen LogP contribution in [-0.4, -0.2) is 26.4 Å². The van der Waals surface area contributed by atoms with Gasteiger partial charge >= 0.3 is 0 Å². The molecule has 0 aliphatic carbocycles. The Morgan fingerprint density at radius 1 is 1.41 bits per heavy atom. The molecule has 0 amide bonds. The molecule has 0 radical (unpaired) electrons. The fraction of sp³-hybridized carbons (Fsp3) is 0.571. The van der Waals surface area contributed by atoms with Crippen LogP contribution in [0.15, 0.2) is 18.2 Å². The molecule has 3 nitrogen and oxygen atoms in total. The van der Waals surface area contributed by atoms with Gasteiger partial charge in [-0.25, -0.2) is 0 Å². The van der Waals surface area contributed by atoms with E-state index in [4.69, 9.17) is 9.47 Å². The molecular weight excluding hydrogens is 214 g/mol. The summed E-state index contributed by atoms with van der Waals surface area (Å²) in [6.45, 7) is 3.59. The minimum Gasteiger partial charge on any atom is -0.493 e. The average Bonchev–Trinajstić information content (AvgIpc) is 2.85. The molecule has 17 heavy (non-hydrogen) atoms. The van der Waals surface area contributed by atoms with Gasteiger partial charge < -0.3 is 14.8 Å². The fourth-order valence-corrected chi connectivity index (χ4v) is 2.51. The summed E-state index contributed by atoms with van der Waals surface area (Å²) in [6.07, 6.45) is 3.52. The Bertz CT molecular complexity index is 386. The molecule has 2 aliphatic rings. The van der Waals surface area contributed by atoms with E-state index in [1.807, 2.05) is 0 Å². The van der Waals surface area contributed by atoms with Crippen LogP contribution in [0.5, 0.6) is 5.75 Å². The summed E-state index contributed by atoms with van der Waals surface area (Å²) in [5.74, 6) is 1.54. The summed E-state index contributed by atoms with van der Waals surface area (Å²) in [5, 5.41) is 3.37. The molecule has 2 aliphatic heterocycles. The van der Waals surface area contributed by atoms with E-state index in [1.165, 1.54) is 24.1 Å². The zero-order valence-corrected chi connectivity index (χ0v) is 10.1. The van der Waals surface area contributed by atoms with Crippen molar-refractivity contribution in [1.29, 1.82) is 0 Å². The molecule has 1 saturated heterocycles. The topological polar surface area (TPSA) is 30.5 Å². The van der Waals surface area contributed by atoms with Gasteiger partial charge in [-0.2, -0.15) is 0 Å². The predicted octanol–water partition coefficient (Wildman–Crippen LogP) is 2.46. The van der Waals surface area contributed by atoms with E-state index < -0.39 is 0 Å². The van der Waals surface area contributed by atoms with Crippen molar-refractivity contribution >= 4 is 5.69 Å². The summed E-state index contributed by atoms with van der Waals surface area (Å²) in [7, 11) is 0. The zero-order valence-electron chi connectivity index (χ0n) is 10.1. The lowest BCUT2D eigenvalue weighted by Gasteiger charge is -2.22. The van der Waals surface area contributed by atoms with Crippen molar-refractivity contribution in [1.82, 2.24) is 0 Å². The highest BCUT2D eigenvalue weighted by molar-refractivity contribution is 5.58. The average molecular weight is 233 g/mol. The number of benzene rings is 1. The standard InChI is InChI=1S/C14H19NO2/c1-2-11(9-16-7-1)10-17-13-4-3-12-5-6-15-14(12)8-13/h3-4,8,11,15H,1-2,5-7,9-10H2. The van der Waals surface area contributed by atoms with Crippen molar-refractivity contribution in [3.8, 4) is 5.75 Å². The first kappa shape index (κ1) is 10.9. The van der Waals surface area contributed by atoms with Crippen LogP contribution in [0.1, 0.15) is 18.4 Å². The van der Waals surface area contributed by atoms with Gasteiger partial charge in [0, 0.05) is 30.8 Å². The molecule has 3 rings (SSSR count). The van der Waals surface area contributed by atoms with E-state index in [9.17, 15) is 0 Å². The quantitative estimate of drug-likeness (QED) is 0.870. The summed E-state index contributed by atoms with van der Waals surface area (Å²) in [4.78, 5) is 0. The number of fused-ring (bicyclic) bond motifs is 1. The Morgan fingerprint density at radius 3 is 3.29 bits per heavy atom. The third-order valence-electron chi connectivity index (χ3n) is 3.53. The molecule has 1 unspecified atom stereocenters. The van der Waals surface area contributed by atoms with E-state index in [-0.39, 0.29) is 0 Å². The number of nitrogens with one attached hydrogen (secondary N) is 1. The molecule has 1 atom stereocenters. The Balaban J connectivity index is 1.57. The number of hydrogen-bond donors (Lipinski definition) is 1. The zero-order chi connectivity index (χ0) is 11.5. The molecule has 3 heteroatoms. The maximum Gasteiger partial charge on any atom is 0.121 e. The number of rotatable bonds is 3. The van der Waals surface area contributed by atoms with E-state index in [2.05, 4.69) is 23.5 Å². The van der Waals surface area contributed by atoms with Gasteiger partial charge in [0.25, 0.3) is 0 Å². The molecule has 92 valence electrons. The number of anilines is 1. The Morgan fingerprint density at radius 2 is 2.41 bits per heavy atom. The molecule has 2 heterocycles. The highest BCUT2D eigenvalue weighted by Crippen LogP contribution is 2.27.